The fraction of sp³-hybridized carbons (Fsp3) is 0.643. The standard InChI is InChI=1S/C14H19NO4/c1-2-12(8-6-7-11-15)19-14(18)10-5-3-4-9-13(16)17/h1,12H,3-10H2,(H,16,17). The molecule has 1 atom stereocenters. The molecule has 0 amide bonds. The Kier molecular flexibility index (Phi) is 9.93. The van der Waals surface area contributed by atoms with E-state index in [1.165, 1.54) is 0 Å². The van der Waals surface area contributed by atoms with Gasteiger partial charge in [0.15, 0.2) is 6.10 Å². The molecule has 5 nitrogen and oxygen atoms in total. The fourth-order valence-electron chi connectivity index (χ4n) is 1.48. The summed E-state index contributed by atoms with van der Waals surface area (Å²) in [5, 5.41) is 16.8. The van der Waals surface area contributed by atoms with Crippen molar-refractivity contribution in [2.45, 2.75) is 57.5 Å². The van der Waals surface area contributed by atoms with Crippen LogP contribution in [-0.4, -0.2) is 23.1 Å². The number of unbranched alkanes of at least 4 members (excludes halogenated alkanes) is 3. The molecule has 0 bridgehead atoms. The molecule has 0 spiro atoms. The van der Waals surface area contributed by atoms with E-state index >= 15 is 0 Å². The molecule has 0 radical (unpaired) electrons. The van der Waals surface area contributed by atoms with Crippen molar-refractivity contribution in [1.82, 2.24) is 0 Å². The van der Waals surface area contributed by atoms with Crippen molar-refractivity contribution in [3.8, 4) is 18.4 Å². The van der Waals surface area contributed by atoms with Crippen molar-refractivity contribution in [1.29, 1.82) is 5.26 Å². The predicted molar refractivity (Wildman–Crippen MR) is 68.9 cm³/mol. The van der Waals surface area contributed by atoms with E-state index in [9.17, 15) is 9.59 Å². The van der Waals surface area contributed by atoms with Gasteiger partial charge in [0.1, 0.15) is 0 Å². The summed E-state index contributed by atoms with van der Waals surface area (Å²) in [5.74, 6) is 1.19. The van der Waals surface area contributed by atoms with Gasteiger partial charge in [-0.2, -0.15) is 5.26 Å². The minimum absolute atomic E-state index is 0.121. The van der Waals surface area contributed by atoms with E-state index in [4.69, 9.17) is 21.5 Å². The molecule has 0 heterocycles. The zero-order valence-corrected chi connectivity index (χ0v) is 10.9. The normalized spacial score (nSPS) is 11.1. The number of esters is 1. The van der Waals surface area contributed by atoms with E-state index in [-0.39, 0.29) is 18.8 Å². The van der Waals surface area contributed by atoms with Crippen molar-refractivity contribution < 1.29 is 19.4 Å². The van der Waals surface area contributed by atoms with Crippen LogP contribution < -0.4 is 0 Å². The minimum Gasteiger partial charge on any atom is -0.481 e. The molecule has 1 N–H and O–H groups in total. The maximum Gasteiger partial charge on any atom is 0.307 e. The summed E-state index contributed by atoms with van der Waals surface area (Å²) in [6.45, 7) is 0. The summed E-state index contributed by atoms with van der Waals surface area (Å²) < 4.78 is 5.07. The fourth-order valence-corrected chi connectivity index (χ4v) is 1.48. The molecule has 0 aromatic rings. The average molecular weight is 265 g/mol. The van der Waals surface area contributed by atoms with E-state index in [1.54, 1.807) is 0 Å². The molecule has 104 valence electrons. The third-order valence-corrected chi connectivity index (χ3v) is 2.49. The summed E-state index contributed by atoms with van der Waals surface area (Å²) >= 11 is 0. The number of carbonyl (C=O) groups excluding carboxylic acids is 1. The van der Waals surface area contributed by atoms with Gasteiger partial charge in [0.25, 0.3) is 0 Å². The van der Waals surface area contributed by atoms with Gasteiger partial charge in [0, 0.05) is 19.3 Å². The van der Waals surface area contributed by atoms with E-state index < -0.39 is 12.1 Å². The van der Waals surface area contributed by atoms with Gasteiger partial charge < -0.3 is 9.84 Å². The highest BCUT2D eigenvalue weighted by Crippen LogP contribution is 2.08. The molecular formula is C14H19NO4. The van der Waals surface area contributed by atoms with Gasteiger partial charge in [-0.05, 0) is 25.7 Å². The number of carbonyl (C=O) groups is 2. The first-order chi connectivity index (χ1) is 9.10. The Labute approximate surface area is 113 Å². The molecule has 0 aliphatic heterocycles. The Morgan fingerprint density at radius 3 is 2.47 bits per heavy atom. The lowest BCUT2D eigenvalue weighted by atomic mass is 10.1. The second-order valence-corrected chi connectivity index (χ2v) is 4.15. The minimum atomic E-state index is -0.826. The summed E-state index contributed by atoms with van der Waals surface area (Å²) in [6, 6.07) is 2.00. The first-order valence-corrected chi connectivity index (χ1v) is 6.34. The predicted octanol–water partition coefficient (Wildman–Crippen LogP) is 2.26. The Bertz CT molecular complexity index is 365. The topological polar surface area (TPSA) is 87.4 Å². The van der Waals surface area contributed by atoms with Crippen molar-refractivity contribution in [2.24, 2.45) is 0 Å². The van der Waals surface area contributed by atoms with Crippen LogP contribution in [0.2, 0.25) is 0 Å². The summed E-state index contributed by atoms with van der Waals surface area (Å²) in [4.78, 5) is 21.7. The number of hydrogen-bond acceptors (Lipinski definition) is 4. The number of nitriles is 1. The number of carboxylic acids is 1. The molecule has 0 rings (SSSR count). The summed E-state index contributed by atoms with van der Waals surface area (Å²) in [5.41, 5.74) is 0. The highest BCUT2D eigenvalue weighted by molar-refractivity contribution is 5.69. The lowest BCUT2D eigenvalue weighted by Crippen LogP contribution is -2.16. The number of rotatable bonds is 10. The van der Waals surface area contributed by atoms with Crippen LogP contribution in [0.3, 0.4) is 0 Å². The Morgan fingerprint density at radius 1 is 1.21 bits per heavy atom. The van der Waals surface area contributed by atoms with Crippen LogP contribution in [0.1, 0.15) is 51.4 Å². The first kappa shape index (κ1) is 17.0. The Hall–Kier alpha value is -2.01. The van der Waals surface area contributed by atoms with Crippen molar-refractivity contribution >= 4 is 11.9 Å². The first-order valence-electron chi connectivity index (χ1n) is 6.34. The smallest absolute Gasteiger partial charge is 0.307 e. The monoisotopic (exact) mass is 265 g/mol. The van der Waals surface area contributed by atoms with Crippen molar-refractivity contribution in [2.75, 3.05) is 0 Å². The second kappa shape index (κ2) is 11.1. The van der Waals surface area contributed by atoms with Gasteiger partial charge in [-0.25, -0.2) is 0 Å². The molecular weight excluding hydrogens is 246 g/mol. The van der Waals surface area contributed by atoms with Gasteiger partial charge in [-0.15, -0.1) is 6.42 Å². The van der Waals surface area contributed by atoms with Gasteiger partial charge in [0.2, 0.25) is 0 Å². The number of aliphatic carboxylic acids is 1. The quantitative estimate of drug-likeness (QED) is 0.372. The molecule has 0 saturated carbocycles. The number of carboxylic acid groups (broad SMARTS) is 1. The SMILES string of the molecule is C#CC(CCCC#N)OC(=O)CCCCCC(=O)O. The molecule has 0 aromatic heterocycles. The molecule has 1 unspecified atom stereocenters. The number of nitrogens with zero attached hydrogens (tertiary/aromatic N) is 1. The van der Waals surface area contributed by atoms with E-state index in [0.717, 1.165) is 0 Å². The lowest BCUT2D eigenvalue weighted by molar-refractivity contribution is -0.146. The molecule has 5 heteroatoms. The molecule has 0 fully saturated rings. The third-order valence-electron chi connectivity index (χ3n) is 2.49. The second-order valence-electron chi connectivity index (χ2n) is 4.15. The molecule has 0 aliphatic carbocycles. The molecule has 19 heavy (non-hydrogen) atoms. The summed E-state index contributed by atoms with van der Waals surface area (Å²) in [7, 11) is 0. The van der Waals surface area contributed by atoms with Crippen molar-refractivity contribution in [3.05, 3.63) is 0 Å². The molecule has 0 aliphatic rings. The third kappa shape index (κ3) is 10.8. The van der Waals surface area contributed by atoms with E-state index in [0.29, 0.717) is 38.5 Å². The van der Waals surface area contributed by atoms with Gasteiger partial charge >= 0.3 is 11.9 Å². The molecule has 0 saturated heterocycles. The largest absolute Gasteiger partial charge is 0.481 e. The summed E-state index contributed by atoms with van der Waals surface area (Å²) in [6.07, 6.45) is 8.37. The molecule has 0 aromatic carbocycles. The van der Waals surface area contributed by atoms with E-state index in [1.807, 2.05) is 6.07 Å². The zero-order chi connectivity index (χ0) is 14.5. The van der Waals surface area contributed by atoms with Crippen LogP contribution in [-0.2, 0) is 14.3 Å². The van der Waals surface area contributed by atoms with Gasteiger partial charge in [0.05, 0.1) is 6.07 Å². The lowest BCUT2D eigenvalue weighted by Gasteiger charge is -2.11. The highest BCUT2D eigenvalue weighted by Gasteiger charge is 2.11. The van der Waals surface area contributed by atoms with Crippen LogP contribution in [0.25, 0.3) is 0 Å². The number of ether oxygens (including phenoxy) is 1. The van der Waals surface area contributed by atoms with E-state index in [2.05, 4.69) is 5.92 Å². The van der Waals surface area contributed by atoms with Gasteiger partial charge in [-0.1, -0.05) is 12.3 Å². The Morgan fingerprint density at radius 2 is 1.89 bits per heavy atom. The number of terminal acetylenes is 1. The van der Waals surface area contributed by atoms with Crippen LogP contribution in [0.15, 0.2) is 0 Å². The van der Waals surface area contributed by atoms with Crippen molar-refractivity contribution in [3.63, 3.8) is 0 Å². The van der Waals surface area contributed by atoms with Crippen LogP contribution >= 0.6 is 0 Å². The highest BCUT2D eigenvalue weighted by atomic mass is 16.5. The maximum atomic E-state index is 11.4. The zero-order valence-electron chi connectivity index (χ0n) is 10.9. The van der Waals surface area contributed by atoms with Crippen LogP contribution in [0.5, 0.6) is 0 Å². The van der Waals surface area contributed by atoms with Crippen LogP contribution in [0, 0.1) is 23.7 Å². The maximum absolute atomic E-state index is 11.4. The Balaban J connectivity index is 3.68. The van der Waals surface area contributed by atoms with Gasteiger partial charge in [-0.3, -0.25) is 9.59 Å². The average Bonchev–Trinajstić information content (AvgIpc) is 2.37. The number of hydrogen-bond donors (Lipinski definition) is 1. The van der Waals surface area contributed by atoms with Crippen LogP contribution in [0.4, 0.5) is 0 Å².